The molecule has 1 heteroatoms. The number of rotatable bonds is 7. The molecule has 112 valence electrons. The van der Waals surface area contributed by atoms with Crippen LogP contribution in [-0.2, 0) is 6.42 Å². The molecule has 20 heavy (non-hydrogen) atoms. The maximum atomic E-state index is 5.71. The van der Waals surface area contributed by atoms with Gasteiger partial charge < -0.3 is 4.74 Å². The quantitative estimate of drug-likeness (QED) is 0.586. The number of hydrogen-bond acceptors (Lipinski definition) is 1. The third kappa shape index (κ3) is 5.19. The van der Waals surface area contributed by atoms with Gasteiger partial charge in [0.1, 0.15) is 5.75 Å². The van der Waals surface area contributed by atoms with E-state index in [1.807, 2.05) is 0 Å². The van der Waals surface area contributed by atoms with Crippen molar-refractivity contribution in [2.75, 3.05) is 6.61 Å². The highest BCUT2D eigenvalue weighted by Gasteiger charge is 2.17. The van der Waals surface area contributed by atoms with Gasteiger partial charge in [0.05, 0.1) is 6.61 Å². The van der Waals surface area contributed by atoms with Gasteiger partial charge in [-0.1, -0.05) is 58.1 Å². The highest BCUT2D eigenvalue weighted by Crippen LogP contribution is 2.31. The van der Waals surface area contributed by atoms with Gasteiger partial charge >= 0.3 is 0 Å². The topological polar surface area (TPSA) is 9.23 Å². The fourth-order valence-corrected chi connectivity index (χ4v) is 3.08. The first-order chi connectivity index (χ1) is 9.78. The van der Waals surface area contributed by atoms with Crippen LogP contribution in [0.1, 0.15) is 64.4 Å². The molecule has 0 unspecified atom stereocenters. The zero-order valence-corrected chi connectivity index (χ0v) is 13.2. The van der Waals surface area contributed by atoms with Gasteiger partial charge in [-0.15, -0.1) is 0 Å². The second-order valence-electron chi connectivity index (χ2n) is 6.51. The van der Waals surface area contributed by atoms with Crippen molar-refractivity contribution in [3.63, 3.8) is 0 Å². The molecule has 0 radical (unpaired) electrons. The number of hydrogen-bond donors (Lipinski definition) is 0. The Hall–Kier alpha value is -0.980. The van der Waals surface area contributed by atoms with E-state index in [9.17, 15) is 0 Å². The summed E-state index contributed by atoms with van der Waals surface area (Å²) in [7, 11) is 0. The third-order valence-corrected chi connectivity index (χ3v) is 4.67. The van der Waals surface area contributed by atoms with E-state index in [1.54, 1.807) is 0 Å². The minimum absolute atomic E-state index is 0.843. The molecule has 1 aliphatic rings. The van der Waals surface area contributed by atoms with Crippen LogP contribution in [0.4, 0.5) is 0 Å². The Morgan fingerprint density at radius 1 is 1.05 bits per heavy atom. The molecule has 0 heterocycles. The average molecular weight is 274 g/mol. The largest absolute Gasteiger partial charge is 0.494 e. The van der Waals surface area contributed by atoms with Crippen LogP contribution in [0.25, 0.3) is 0 Å². The van der Waals surface area contributed by atoms with Crippen molar-refractivity contribution >= 4 is 0 Å². The summed E-state index contributed by atoms with van der Waals surface area (Å²) in [4.78, 5) is 0. The number of aryl methyl sites for hydroxylation is 1. The first-order valence-electron chi connectivity index (χ1n) is 8.49. The summed E-state index contributed by atoms with van der Waals surface area (Å²) in [5.74, 6) is 2.95. The molecule has 0 bridgehead atoms. The van der Waals surface area contributed by atoms with Crippen LogP contribution in [0.3, 0.4) is 0 Å². The van der Waals surface area contributed by atoms with E-state index >= 15 is 0 Å². The summed E-state index contributed by atoms with van der Waals surface area (Å²) in [6.07, 6.45) is 10.7. The van der Waals surface area contributed by atoms with Crippen LogP contribution in [0.2, 0.25) is 0 Å². The van der Waals surface area contributed by atoms with Crippen LogP contribution < -0.4 is 4.74 Å². The highest BCUT2D eigenvalue weighted by molar-refractivity contribution is 5.27. The van der Waals surface area contributed by atoms with Crippen LogP contribution in [-0.4, -0.2) is 6.61 Å². The molecule has 0 atom stereocenters. The molecule has 1 nitrogen and oxygen atoms in total. The smallest absolute Gasteiger partial charge is 0.119 e. The molecular weight excluding hydrogens is 244 g/mol. The molecule has 0 N–H and O–H groups in total. The summed E-state index contributed by atoms with van der Waals surface area (Å²) in [6, 6.07) is 8.75. The minimum Gasteiger partial charge on any atom is -0.494 e. The molecule has 1 aliphatic carbocycles. The van der Waals surface area contributed by atoms with Crippen LogP contribution in [0.15, 0.2) is 24.3 Å². The van der Waals surface area contributed by atoms with Crippen molar-refractivity contribution in [1.82, 2.24) is 0 Å². The predicted molar refractivity (Wildman–Crippen MR) is 86.3 cm³/mol. The predicted octanol–water partition coefficient (Wildman–Crippen LogP) is 5.62. The SMILES string of the molecule is CCCCOc1ccc(CCC2CCC(C)CC2)cc1. The Morgan fingerprint density at radius 2 is 1.75 bits per heavy atom. The van der Waals surface area contributed by atoms with Crippen LogP contribution >= 0.6 is 0 Å². The summed E-state index contributed by atoms with van der Waals surface area (Å²) in [6.45, 7) is 5.43. The van der Waals surface area contributed by atoms with Crippen molar-refractivity contribution < 1.29 is 4.74 Å². The summed E-state index contributed by atoms with van der Waals surface area (Å²) in [5.41, 5.74) is 1.46. The third-order valence-electron chi connectivity index (χ3n) is 4.67. The standard InChI is InChI=1S/C19H30O/c1-3-4-15-20-19-13-11-18(12-14-19)10-9-17-7-5-16(2)6-8-17/h11-14,16-17H,3-10,15H2,1-2H3. The summed E-state index contributed by atoms with van der Waals surface area (Å²) >= 11 is 0. The van der Waals surface area contributed by atoms with E-state index in [0.717, 1.165) is 30.6 Å². The Labute approximate surface area is 124 Å². The molecule has 0 aromatic heterocycles. The van der Waals surface area contributed by atoms with Gasteiger partial charge in [0.25, 0.3) is 0 Å². The van der Waals surface area contributed by atoms with Crippen LogP contribution in [0, 0.1) is 11.8 Å². The lowest BCUT2D eigenvalue weighted by molar-refractivity contribution is 0.277. The lowest BCUT2D eigenvalue weighted by atomic mass is 9.80. The van der Waals surface area contributed by atoms with Gasteiger partial charge in [0.2, 0.25) is 0 Å². The Kier molecular flexibility index (Phi) is 6.42. The second kappa shape index (κ2) is 8.34. The zero-order valence-electron chi connectivity index (χ0n) is 13.2. The fraction of sp³-hybridized carbons (Fsp3) is 0.684. The summed E-state index contributed by atoms with van der Waals surface area (Å²) in [5, 5.41) is 0. The Bertz CT molecular complexity index is 360. The molecule has 1 saturated carbocycles. The minimum atomic E-state index is 0.843. The molecular formula is C19H30O. The molecule has 0 aliphatic heterocycles. The first kappa shape index (κ1) is 15.4. The lowest BCUT2D eigenvalue weighted by Gasteiger charge is -2.26. The van der Waals surface area contributed by atoms with Crippen molar-refractivity contribution in [1.29, 1.82) is 0 Å². The Balaban J connectivity index is 1.70. The second-order valence-corrected chi connectivity index (χ2v) is 6.51. The highest BCUT2D eigenvalue weighted by atomic mass is 16.5. The van der Waals surface area contributed by atoms with Crippen molar-refractivity contribution in [2.24, 2.45) is 11.8 Å². The van der Waals surface area contributed by atoms with E-state index in [0.29, 0.717) is 0 Å². The number of benzene rings is 1. The number of ether oxygens (including phenoxy) is 1. The first-order valence-corrected chi connectivity index (χ1v) is 8.49. The van der Waals surface area contributed by atoms with E-state index < -0.39 is 0 Å². The van der Waals surface area contributed by atoms with Gasteiger partial charge in [-0.2, -0.15) is 0 Å². The van der Waals surface area contributed by atoms with E-state index in [2.05, 4.69) is 38.1 Å². The van der Waals surface area contributed by atoms with Crippen molar-refractivity contribution in [3.8, 4) is 5.75 Å². The van der Waals surface area contributed by atoms with Gasteiger partial charge in [-0.3, -0.25) is 0 Å². The van der Waals surface area contributed by atoms with Gasteiger partial charge in [-0.25, -0.2) is 0 Å². The number of unbranched alkanes of at least 4 members (excludes halogenated alkanes) is 1. The molecule has 0 saturated heterocycles. The maximum absolute atomic E-state index is 5.71. The van der Waals surface area contributed by atoms with Crippen molar-refractivity contribution in [2.45, 2.75) is 65.2 Å². The maximum Gasteiger partial charge on any atom is 0.119 e. The van der Waals surface area contributed by atoms with Gasteiger partial charge in [0, 0.05) is 0 Å². The molecule has 0 spiro atoms. The average Bonchev–Trinajstić information content (AvgIpc) is 2.48. The monoisotopic (exact) mass is 274 g/mol. The molecule has 1 aromatic rings. The fourth-order valence-electron chi connectivity index (χ4n) is 3.08. The van der Waals surface area contributed by atoms with E-state index in [1.165, 1.54) is 50.5 Å². The van der Waals surface area contributed by atoms with Crippen molar-refractivity contribution in [3.05, 3.63) is 29.8 Å². The van der Waals surface area contributed by atoms with Gasteiger partial charge in [-0.05, 0) is 48.8 Å². The summed E-state index contributed by atoms with van der Waals surface area (Å²) < 4.78 is 5.71. The van der Waals surface area contributed by atoms with E-state index in [4.69, 9.17) is 4.74 Å². The molecule has 1 aromatic carbocycles. The lowest BCUT2D eigenvalue weighted by Crippen LogP contribution is -2.12. The molecule has 2 rings (SSSR count). The zero-order chi connectivity index (χ0) is 14.2. The normalized spacial score (nSPS) is 22.7. The van der Waals surface area contributed by atoms with Crippen LogP contribution in [0.5, 0.6) is 5.75 Å². The molecule has 1 fully saturated rings. The van der Waals surface area contributed by atoms with E-state index in [-0.39, 0.29) is 0 Å². The van der Waals surface area contributed by atoms with Gasteiger partial charge in [0.15, 0.2) is 0 Å². The molecule has 0 amide bonds. The Morgan fingerprint density at radius 3 is 2.40 bits per heavy atom.